The molecule has 0 atom stereocenters. The molecule has 0 unspecified atom stereocenters. The lowest BCUT2D eigenvalue weighted by Gasteiger charge is -2.02. The van der Waals surface area contributed by atoms with E-state index in [4.69, 9.17) is 0 Å². The van der Waals surface area contributed by atoms with Gasteiger partial charge < -0.3 is 9.88 Å². The summed E-state index contributed by atoms with van der Waals surface area (Å²) < 4.78 is 2.23. The summed E-state index contributed by atoms with van der Waals surface area (Å²) in [5, 5.41) is 3.09. The van der Waals surface area contributed by atoms with E-state index in [1.54, 1.807) is 0 Å². The molecule has 60 valence electrons. The van der Waals surface area contributed by atoms with Gasteiger partial charge in [0.15, 0.2) is 0 Å². The van der Waals surface area contributed by atoms with Crippen molar-refractivity contribution in [2.75, 3.05) is 12.4 Å². The Hall–Kier alpha value is -0.990. The first kappa shape index (κ1) is 6.70. The van der Waals surface area contributed by atoms with E-state index >= 15 is 0 Å². The molecule has 0 radical (unpaired) electrons. The number of aromatic nitrogens is 2. The van der Waals surface area contributed by atoms with Gasteiger partial charge in [-0.2, -0.15) is 0 Å². The summed E-state index contributed by atoms with van der Waals surface area (Å²) in [7, 11) is 1.92. The van der Waals surface area contributed by atoms with Crippen LogP contribution in [-0.2, 0) is 0 Å². The number of imidazole rings is 1. The first-order valence-corrected chi connectivity index (χ1v) is 4.04. The number of hydrogen-bond acceptors (Lipinski definition) is 2. The lowest BCUT2D eigenvalue weighted by atomic mass is 10.5. The Morgan fingerprint density at radius 3 is 2.91 bits per heavy atom. The van der Waals surface area contributed by atoms with Gasteiger partial charge >= 0.3 is 0 Å². The Morgan fingerprint density at radius 2 is 2.36 bits per heavy atom. The monoisotopic (exact) mass is 151 g/mol. The van der Waals surface area contributed by atoms with Gasteiger partial charge in [-0.15, -0.1) is 0 Å². The van der Waals surface area contributed by atoms with E-state index < -0.39 is 0 Å². The second kappa shape index (κ2) is 2.26. The van der Waals surface area contributed by atoms with E-state index in [0.29, 0.717) is 0 Å². The minimum Gasteiger partial charge on any atom is -0.359 e. The Kier molecular flexibility index (Phi) is 1.37. The summed E-state index contributed by atoms with van der Waals surface area (Å²) in [6, 6.07) is 0.721. The minimum atomic E-state index is 0.721. The van der Waals surface area contributed by atoms with Gasteiger partial charge in [-0.1, -0.05) is 0 Å². The molecule has 0 spiro atoms. The van der Waals surface area contributed by atoms with Crippen molar-refractivity contribution in [3.05, 3.63) is 11.9 Å². The van der Waals surface area contributed by atoms with E-state index in [0.717, 1.165) is 17.7 Å². The molecular weight excluding hydrogens is 138 g/mol. The molecule has 2 rings (SSSR count). The highest BCUT2D eigenvalue weighted by Gasteiger charge is 2.25. The van der Waals surface area contributed by atoms with Crippen LogP contribution >= 0.6 is 0 Å². The van der Waals surface area contributed by atoms with Crippen LogP contribution in [0.15, 0.2) is 6.20 Å². The predicted molar refractivity (Wildman–Crippen MR) is 44.8 cm³/mol. The number of rotatable bonds is 2. The molecule has 1 heterocycles. The molecule has 1 aliphatic rings. The molecule has 1 aliphatic carbocycles. The Balaban J connectivity index is 2.34. The van der Waals surface area contributed by atoms with Gasteiger partial charge in [-0.05, 0) is 19.8 Å². The van der Waals surface area contributed by atoms with Crippen molar-refractivity contribution in [3.8, 4) is 0 Å². The zero-order valence-electron chi connectivity index (χ0n) is 6.96. The highest BCUT2D eigenvalue weighted by Crippen LogP contribution is 2.37. The average Bonchev–Trinajstić information content (AvgIpc) is 2.75. The minimum absolute atomic E-state index is 0.721. The summed E-state index contributed by atoms with van der Waals surface area (Å²) in [4.78, 5) is 4.34. The molecular formula is C8H13N3. The third-order valence-corrected chi connectivity index (χ3v) is 2.02. The zero-order valence-corrected chi connectivity index (χ0v) is 6.96. The number of anilines is 1. The first-order chi connectivity index (χ1) is 5.31. The van der Waals surface area contributed by atoms with Gasteiger partial charge in [-0.25, -0.2) is 4.98 Å². The van der Waals surface area contributed by atoms with Crippen LogP contribution in [0.3, 0.4) is 0 Å². The van der Waals surface area contributed by atoms with Crippen LogP contribution in [0.1, 0.15) is 24.6 Å². The van der Waals surface area contributed by atoms with Gasteiger partial charge in [0.2, 0.25) is 5.95 Å². The Labute approximate surface area is 66.4 Å². The number of nitrogens with zero attached hydrogens (tertiary/aromatic N) is 2. The van der Waals surface area contributed by atoms with Gasteiger partial charge in [0, 0.05) is 19.3 Å². The molecule has 1 N–H and O–H groups in total. The normalized spacial score (nSPS) is 16.9. The number of hydrogen-bond donors (Lipinski definition) is 1. The van der Waals surface area contributed by atoms with Crippen molar-refractivity contribution in [1.82, 2.24) is 9.55 Å². The van der Waals surface area contributed by atoms with E-state index in [2.05, 4.69) is 21.1 Å². The number of aryl methyl sites for hydroxylation is 1. The Bertz CT molecular complexity index is 260. The molecule has 1 aromatic rings. The average molecular weight is 151 g/mol. The standard InChI is InChI=1S/C8H13N3/c1-6-5-11(7-3-4-7)8(9-2)10-6/h5,7H,3-4H2,1-2H3,(H,9,10). The SMILES string of the molecule is CNc1nc(C)cn1C1CC1. The van der Waals surface area contributed by atoms with Crippen LogP contribution in [-0.4, -0.2) is 16.6 Å². The molecule has 1 fully saturated rings. The fraction of sp³-hybridized carbons (Fsp3) is 0.625. The lowest BCUT2D eigenvalue weighted by molar-refractivity contribution is 0.748. The highest BCUT2D eigenvalue weighted by molar-refractivity contribution is 5.29. The quantitative estimate of drug-likeness (QED) is 0.695. The second-order valence-corrected chi connectivity index (χ2v) is 3.09. The van der Waals surface area contributed by atoms with Gasteiger partial charge in [0.05, 0.1) is 5.69 Å². The molecule has 3 nitrogen and oxygen atoms in total. The summed E-state index contributed by atoms with van der Waals surface area (Å²) in [5.74, 6) is 1.00. The van der Waals surface area contributed by atoms with Gasteiger partial charge in [0.1, 0.15) is 0 Å². The van der Waals surface area contributed by atoms with E-state index in [9.17, 15) is 0 Å². The van der Waals surface area contributed by atoms with Crippen LogP contribution in [0.2, 0.25) is 0 Å². The Morgan fingerprint density at radius 1 is 1.64 bits per heavy atom. The van der Waals surface area contributed by atoms with E-state index in [1.807, 2.05) is 14.0 Å². The summed E-state index contributed by atoms with van der Waals surface area (Å²) in [5.41, 5.74) is 1.10. The fourth-order valence-electron chi connectivity index (χ4n) is 1.33. The van der Waals surface area contributed by atoms with Crippen molar-refractivity contribution >= 4 is 5.95 Å². The van der Waals surface area contributed by atoms with Crippen LogP contribution in [0.25, 0.3) is 0 Å². The summed E-state index contributed by atoms with van der Waals surface area (Å²) in [6.45, 7) is 2.03. The topological polar surface area (TPSA) is 29.9 Å². The molecule has 0 aromatic carbocycles. The lowest BCUT2D eigenvalue weighted by Crippen LogP contribution is -2.00. The maximum Gasteiger partial charge on any atom is 0.203 e. The molecule has 1 saturated carbocycles. The summed E-state index contributed by atoms with van der Waals surface area (Å²) in [6.07, 6.45) is 4.73. The number of nitrogens with one attached hydrogen (secondary N) is 1. The van der Waals surface area contributed by atoms with E-state index in [-0.39, 0.29) is 0 Å². The van der Waals surface area contributed by atoms with Gasteiger partial charge in [-0.3, -0.25) is 0 Å². The first-order valence-electron chi connectivity index (χ1n) is 4.04. The predicted octanol–water partition coefficient (Wildman–Crippen LogP) is 1.57. The fourth-order valence-corrected chi connectivity index (χ4v) is 1.33. The van der Waals surface area contributed by atoms with Crippen molar-refractivity contribution in [2.24, 2.45) is 0 Å². The largest absolute Gasteiger partial charge is 0.359 e. The third kappa shape index (κ3) is 1.11. The summed E-state index contributed by atoms with van der Waals surface area (Å²) >= 11 is 0. The molecule has 0 bridgehead atoms. The van der Waals surface area contributed by atoms with Crippen molar-refractivity contribution < 1.29 is 0 Å². The maximum absolute atomic E-state index is 4.34. The van der Waals surface area contributed by atoms with Gasteiger partial charge in [0.25, 0.3) is 0 Å². The smallest absolute Gasteiger partial charge is 0.203 e. The molecule has 0 saturated heterocycles. The van der Waals surface area contributed by atoms with Crippen LogP contribution < -0.4 is 5.32 Å². The zero-order chi connectivity index (χ0) is 7.84. The van der Waals surface area contributed by atoms with Crippen LogP contribution in [0.5, 0.6) is 0 Å². The highest BCUT2D eigenvalue weighted by atomic mass is 15.2. The molecule has 0 amide bonds. The van der Waals surface area contributed by atoms with Crippen LogP contribution in [0.4, 0.5) is 5.95 Å². The molecule has 3 heteroatoms. The van der Waals surface area contributed by atoms with Crippen LogP contribution in [0, 0.1) is 6.92 Å². The molecule has 11 heavy (non-hydrogen) atoms. The van der Waals surface area contributed by atoms with E-state index in [1.165, 1.54) is 12.8 Å². The molecule has 1 aromatic heterocycles. The molecule has 0 aliphatic heterocycles. The van der Waals surface area contributed by atoms with Crippen molar-refractivity contribution in [2.45, 2.75) is 25.8 Å². The van der Waals surface area contributed by atoms with Crippen molar-refractivity contribution in [1.29, 1.82) is 0 Å². The second-order valence-electron chi connectivity index (χ2n) is 3.09. The maximum atomic E-state index is 4.34. The van der Waals surface area contributed by atoms with Crippen molar-refractivity contribution in [3.63, 3.8) is 0 Å². The third-order valence-electron chi connectivity index (χ3n) is 2.02.